The zero-order chi connectivity index (χ0) is 25.5. The second kappa shape index (κ2) is 10.0. The second-order valence-electron chi connectivity index (χ2n) is 14.7. The Kier molecular flexibility index (Phi) is 7.88. The van der Waals surface area contributed by atoms with Gasteiger partial charge in [-0.3, -0.25) is 0 Å². The maximum Gasteiger partial charge on any atom is -0.00706 e. The van der Waals surface area contributed by atoms with Crippen LogP contribution in [0.5, 0.6) is 0 Å². The summed E-state index contributed by atoms with van der Waals surface area (Å²) in [5.41, 5.74) is 7.71. The molecule has 35 heavy (non-hydrogen) atoms. The lowest BCUT2D eigenvalue weighted by Gasteiger charge is -2.71. The summed E-state index contributed by atoms with van der Waals surface area (Å²) in [4.78, 5) is 0. The van der Waals surface area contributed by atoms with E-state index >= 15 is 0 Å². The highest BCUT2D eigenvalue weighted by atomic mass is 14.7. The summed E-state index contributed by atoms with van der Waals surface area (Å²) < 4.78 is 0. The molecule has 0 nitrogen and oxygen atoms in total. The standard InChI is InChI=1S/C35H60/c1-9-17-27(10-2)28-18-14-15-19-29-30-20-23-34(12-4)26-31(6,11-3)21-16-22-33(34,8)35(30,13-5)25-24-32(28,29)7/h28-30H,2,9,11-26H2,1,3-8H3/t28-,29?,30+,31-,32-,33+,34-,35+/m1/s1. The molecule has 0 bridgehead atoms. The van der Waals surface area contributed by atoms with Crippen LogP contribution in [-0.4, -0.2) is 0 Å². The van der Waals surface area contributed by atoms with Crippen LogP contribution in [0.4, 0.5) is 0 Å². The topological polar surface area (TPSA) is 0 Å². The van der Waals surface area contributed by atoms with Crippen molar-refractivity contribution in [3.8, 4) is 0 Å². The Morgan fingerprint density at radius 2 is 1.51 bits per heavy atom. The molecule has 0 heteroatoms. The molecule has 0 N–H and O–H groups in total. The fourth-order valence-corrected chi connectivity index (χ4v) is 11.7. The molecule has 4 aliphatic rings. The van der Waals surface area contributed by atoms with Crippen LogP contribution in [-0.2, 0) is 0 Å². The number of allylic oxidation sites excluding steroid dienone is 1. The van der Waals surface area contributed by atoms with Gasteiger partial charge in [-0.25, -0.2) is 0 Å². The van der Waals surface area contributed by atoms with Crippen LogP contribution in [0.1, 0.15) is 158 Å². The van der Waals surface area contributed by atoms with Gasteiger partial charge in [0, 0.05) is 0 Å². The molecule has 4 aliphatic carbocycles. The third kappa shape index (κ3) is 3.98. The fraction of sp³-hybridized carbons (Fsp3) is 0.914. The molecule has 4 fully saturated rings. The molecule has 0 amide bonds. The van der Waals surface area contributed by atoms with E-state index in [0.29, 0.717) is 27.1 Å². The summed E-state index contributed by atoms with van der Waals surface area (Å²) in [5, 5.41) is 0. The van der Waals surface area contributed by atoms with E-state index in [1.54, 1.807) is 5.57 Å². The number of hydrogen-bond acceptors (Lipinski definition) is 0. The van der Waals surface area contributed by atoms with Crippen LogP contribution >= 0.6 is 0 Å². The summed E-state index contributed by atoms with van der Waals surface area (Å²) in [5.74, 6) is 2.55. The Labute approximate surface area is 220 Å². The molecule has 200 valence electrons. The first kappa shape index (κ1) is 27.6. The van der Waals surface area contributed by atoms with Crippen molar-refractivity contribution >= 4 is 0 Å². The van der Waals surface area contributed by atoms with E-state index in [-0.39, 0.29) is 0 Å². The highest BCUT2D eigenvalue weighted by molar-refractivity contribution is 5.20. The minimum atomic E-state index is 0.459. The number of hydrogen-bond donors (Lipinski definition) is 0. The first-order valence-corrected chi connectivity index (χ1v) is 16.0. The Balaban J connectivity index is 1.80. The summed E-state index contributed by atoms with van der Waals surface area (Å²) in [7, 11) is 0. The third-order valence-corrected chi connectivity index (χ3v) is 14.0. The molecule has 4 saturated carbocycles. The monoisotopic (exact) mass is 480 g/mol. The molecule has 0 aliphatic heterocycles. The van der Waals surface area contributed by atoms with Gasteiger partial charge in [-0.05, 0) is 127 Å². The molecule has 0 aromatic rings. The number of fused-ring (bicyclic) bond motifs is 5. The maximum absolute atomic E-state index is 4.22. The van der Waals surface area contributed by atoms with Gasteiger partial charge in [-0.2, -0.15) is 0 Å². The Hall–Kier alpha value is -0.480. The Bertz CT molecular complexity index is 801. The largest absolute Gasteiger partial charge is 0.129 e. The van der Waals surface area contributed by atoms with Crippen molar-refractivity contribution in [3.05, 3.63) is 17.9 Å². The van der Waals surface area contributed by atoms with E-state index in [1.165, 1.54) is 109 Å². The van der Waals surface area contributed by atoms with Gasteiger partial charge in [-0.15, -0.1) is 5.73 Å². The smallest absolute Gasteiger partial charge is 0.00706 e. The van der Waals surface area contributed by atoms with Crippen LogP contribution in [0.15, 0.2) is 17.9 Å². The van der Waals surface area contributed by atoms with Crippen LogP contribution in [0.2, 0.25) is 0 Å². The van der Waals surface area contributed by atoms with E-state index in [9.17, 15) is 0 Å². The summed E-state index contributed by atoms with van der Waals surface area (Å²) >= 11 is 0. The maximum atomic E-state index is 4.22. The van der Waals surface area contributed by atoms with Gasteiger partial charge in [0.15, 0.2) is 0 Å². The van der Waals surface area contributed by atoms with E-state index in [0.717, 1.165) is 17.8 Å². The van der Waals surface area contributed by atoms with Gasteiger partial charge in [0.25, 0.3) is 0 Å². The summed E-state index contributed by atoms with van der Waals surface area (Å²) in [6, 6.07) is 0. The molecule has 0 spiro atoms. The van der Waals surface area contributed by atoms with Crippen LogP contribution in [0.3, 0.4) is 0 Å². The molecule has 1 unspecified atom stereocenters. The molecular formula is C35H60. The van der Waals surface area contributed by atoms with Crippen LogP contribution in [0, 0.1) is 44.8 Å². The predicted octanol–water partition coefficient (Wildman–Crippen LogP) is 11.3. The van der Waals surface area contributed by atoms with Gasteiger partial charge >= 0.3 is 0 Å². The second-order valence-corrected chi connectivity index (χ2v) is 14.7. The lowest BCUT2D eigenvalue weighted by atomic mass is 9.33. The normalized spacial score (nSPS) is 47.9. The predicted molar refractivity (Wildman–Crippen MR) is 153 cm³/mol. The van der Waals surface area contributed by atoms with Gasteiger partial charge in [-0.1, -0.05) is 87.1 Å². The average Bonchev–Trinajstić information content (AvgIpc) is 3.10. The first-order valence-electron chi connectivity index (χ1n) is 16.0. The lowest BCUT2D eigenvalue weighted by Crippen LogP contribution is -2.64. The van der Waals surface area contributed by atoms with Gasteiger partial charge in [0.05, 0.1) is 0 Å². The van der Waals surface area contributed by atoms with E-state index in [2.05, 4.69) is 60.8 Å². The van der Waals surface area contributed by atoms with Gasteiger partial charge < -0.3 is 0 Å². The molecule has 0 saturated heterocycles. The highest BCUT2D eigenvalue weighted by Gasteiger charge is 2.69. The molecule has 8 atom stereocenters. The average molecular weight is 481 g/mol. The van der Waals surface area contributed by atoms with E-state index in [1.807, 2.05) is 0 Å². The van der Waals surface area contributed by atoms with Crippen LogP contribution < -0.4 is 0 Å². The zero-order valence-electron chi connectivity index (χ0n) is 25.0. The quantitative estimate of drug-likeness (QED) is 0.331. The SMILES string of the molecule is C=C=C(CCC)[C@H]1CCCCC2[C@@H]3CC[C@]4(CC)C[C@](C)(CC)CCC[C@]4(C)[C@@]3(CC)CC[C@@]21C. The third-order valence-electron chi connectivity index (χ3n) is 14.0. The van der Waals surface area contributed by atoms with Crippen molar-refractivity contribution < 1.29 is 0 Å². The van der Waals surface area contributed by atoms with Crippen molar-refractivity contribution in [1.29, 1.82) is 0 Å². The summed E-state index contributed by atoms with van der Waals surface area (Å²) in [6.07, 6.45) is 24.2. The molecule has 4 rings (SSSR count). The lowest BCUT2D eigenvalue weighted by molar-refractivity contribution is -0.224. The van der Waals surface area contributed by atoms with Gasteiger partial charge in [0.2, 0.25) is 0 Å². The van der Waals surface area contributed by atoms with E-state index < -0.39 is 0 Å². The Morgan fingerprint density at radius 3 is 2.14 bits per heavy atom. The van der Waals surface area contributed by atoms with Crippen molar-refractivity contribution in [2.45, 2.75) is 158 Å². The number of rotatable bonds is 6. The zero-order valence-corrected chi connectivity index (χ0v) is 25.0. The molecule has 0 aromatic heterocycles. The molecular weight excluding hydrogens is 420 g/mol. The van der Waals surface area contributed by atoms with Crippen molar-refractivity contribution in [2.24, 2.45) is 44.8 Å². The fourth-order valence-electron chi connectivity index (χ4n) is 11.7. The van der Waals surface area contributed by atoms with Crippen LogP contribution in [0.25, 0.3) is 0 Å². The molecule has 0 heterocycles. The first-order chi connectivity index (χ1) is 16.6. The van der Waals surface area contributed by atoms with Gasteiger partial charge in [0.1, 0.15) is 0 Å². The molecule has 0 radical (unpaired) electrons. The van der Waals surface area contributed by atoms with Crippen molar-refractivity contribution in [1.82, 2.24) is 0 Å². The minimum Gasteiger partial charge on any atom is -0.129 e. The minimum absolute atomic E-state index is 0.459. The van der Waals surface area contributed by atoms with Crippen molar-refractivity contribution in [2.75, 3.05) is 0 Å². The summed E-state index contributed by atoms with van der Waals surface area (Å²) in [6.45, 7) is 22.5. The van der Waals surface area contributed by atoms with E-state index in [4.69, 9.17) is 0 Å². The molecule has 0 aromatic carbocycles. The Morgan fingerprint density at radius 1 is 0.771 bits per heavy atom. The van der Waals surface area contributed by atoms with Crippen molar-refractivity contribution in [3.63, 3.8) is 0 Å². The highest BCUT2D eigenvalue weighted by Crippen LogP contribution is 2.77.